The second-order valence-electron chi connectivity index (χ2n) is 6.24. The molecule has 134 valence electrons. The predicted octanol–water partition coefficient (Wildman–Crippen LogP) is 1.89. The Morgan fingerprint density at radius 2 is 1.88 bits per heavy atom. The molecule has 0 spiro atoms. The third kappa shape index (κ3) is 4.35. The molecule has 7 nitrogen and oxygen atoms in total. The summed E-state index contributed by atoms with van der Waals surface area (Å²) in [5.74, 6) is -0.136. The number of aromatic nitrogens is 2. The summed E-state index contributed by atoms with van der Waals surface area (Å²) in [6.45, 7) is 0. The molecule has 7 heteroatoms. The van der Waals surface area contributed by atoms with Crippen LogP contribution in [0.15, 0.2) is 42.7 Å². The number of nitrogens with zero attached hydrogens (tertiary/aromatic N) is 3. The quantitative estimate of drug-likeness (QED) is 0.851. The molecule has 3 rings (SSSR count). The van der Waals surface area contributed by atoms with Crippen LogP contribution in [-0.2, 0) is 4.79 Å². The molecule has 1 atom stereocenters. The van der Waals surface area contributed by atoms with E-state index in [0.29, 0.717) is 5.56 Å². The van der Waals surface area contributed by atoms with Crippen molar-refractivity contribution in [2.24, 2.45) is 0 Å². The van der Waals surface area contributed by atoms with Crippen molar-refractivity contribution in [1.29, 1.82) is 5.26 Å². The SMILES string of the molecule is N#Cc1nccnc1OC1CCC(NC(=O)[C@@H](O)c2ccccc2)CC1. The Kier molecular flexibility index (Phi) is 5.77. The van der Waals surface area contributed by atoms with Crippen molar-refractivity contribution in [2.45, 2.75) is 43.9 Å². The molecule has 26 heavy (non-hydrogen) atoms. The summed E-state index contributed by atoms with van der Waals surface area (Å²) in [6.07, 6.45) is 4.65. The molecule has 1 aliphatic rings. The molecule has 0 bridgehead atoms. The van der Waals surface area contributed by atoms with Gasteiger partial charge in [0.1, 0.15) is 12.2 Å². The highest BCUT2D eigenvalue weighted by atomic mass is 16.5. The van der Waals surface area contributed by atoms with Crippen LogP contribution in [-0.4, -0.2) is 33.1 Å². The summed E-state index contributed by atoms with van der Waals surface area (Å²) in [4.78, 5) is 20.2. The molecule has 0 unspecified atom stereocenters. The zero-order valence-corrected chi connectivity index (χ0v) is 14.2. The first-order valence-electron chi connectivity index (χ1n) is 8.58. The Balaban J connectivity index is 1.49. The molecule has 1 heterocycles. The van der Waals surface area contributed by atoms with E-state index in [4.69, 9.17) is 10.00 Å². The highest BCUT2D eigenvalue weighted by molar-refractivity contribution is 5.82. The number of carbonyl (C=O) groups is 1. The number of carbonyl (C=O) groups excluding carboxylic acids is 1. The fourth-order valence-corrected chi connectivity index (χ4v) is 3.04. The summed E-state index contributed by atoms with van der Waals surface area (Å²) in [7, 11) is 0. The minimum atomic E-state index is -1.16. The molecule has 0 radical (unpaired) electrons. The number of aliphatic hydroxyl groups is 1. The number of aliphatic hydroxyl groups excluding tert-OH is 1. The fraction of sp³-hybridized carbons (Fsp3) is 0.368. The van der Waals surface area contributed by atoms with Gasteiger partial charge in [-0.15, -0.1) is 0 Å². The largest absolute Gasteiger partial charge is 0.472 e. The molecule has 0 saturated heterocycles. The lowest BCUT2D eigenvalue weighted by Crippen LogP contribution is -2.41. The van der Waals surface area contributed by atoms with Gasteiger partial charge in [-0.3, -0.25) is 4.79 Å². The van der Waals surface area contributed by atoms with E-state index >= 15 is 0 Å². The Morgan fingerprint density at radius 1 is 1.19 bits per heavy atom. The van der Waals surface area contributed by atoms with Crippen molar-refractivity contribution >= 4 is 5.91 Å². The second-order valence-corrected chi connectivity index (χ2v) is 6.24. The molecule has 1 saturated carbocycles. The average Bonchev–Trinajstić information content (AvgIpc) is 2.70. The van der Waals surface area contributed by atoms with E-state index in [1.165, 1.54) is 12.4 Å². The lowest BCUT2D eigenvalue weighted by molar-refractivity contribution is -0.130. The number of nitrogens with one attached hydrogen (secondary N) is 1. The van der Waals surface area contributed by atoms with Gasteiger partial charge in [-0.05, 0) is 31.2 Å². The number of amides is 1. The van der Waals surface area contributed by atoms with Gasteiger partial charge in [-0.1, -0.05) is 30.3 Å². The minimum Gasteiger partial charge on any atom is -0.472 e. The Bertz CT molecular complexity index is 783. The average molecular weight is 352 g/mol. The summed E-state index contributed by atoms with van der Waals surface area (Å²) in [5.41, 5.74) is 0.752. The molecule has 1 aromatic carbocycles. The topological polar surface area (TPSA) is 108 Å². The molecule has 1 aromatic heterocycles. The van der Waals surface area contributed by atoms with E-state index in [9.17, 15) is 9.90 Å². The fourth-order valence-electron chi connectivity index (χ4n) is 3.04. The van der Waals surface area contributed by atoms with Crippen LogP contribution in [0.1, 0.15) is 43.0 Å². The van der Waals surface area contributed by atoms with E-state index in [1.54, 1.807) is 24.3 Å². The third-order valence-electron chi connectivity index (χ3n) is 4.43. The molecule has 1 amide bonds. The minimum absolute atomic E-state index is 0.00185. The van der Waals surface area contributed by atoms with Crippen molar-refractivity contribution in [3.05, 3.63) is 54.0 Å². The van der Waals surface area contributed by atoms with Crippen LogP contribution >= 0.6 is 0 Å². The zero-order chi connectivity index (χ0) is 18.4. The zero-order valence-electron chi connectivity index (χ0n) is 14.2. The van der Waals surface area contributed by atoms with Gasteiger partial charge in [-0.2, -0.15) is 5.26 Å². The Hall–Kier alpha value is -2.98. The van der Waals surface area contributed by atoms with E-state index in [0.717, 1.165) is 25.7 Å². The van der Waals surface area contributed by atoms with Gasteiger partial charge in [0.15, 0.2) is 6.10 Å². The standard InChI is InChI=1S/C19H20N4O3/c20-12-16-19(22-11-10-21-16)26-15-8-6-14(7-9-15)23-18(25)17(24)13-4-2-1-3-5-13/h1-5,10-11,14-15,17,24H,6-9H2,(H,23,25)/t14?,15?,17-/m0/s1. The summed E-state index contributed by atoms with van der Waals surface area (Å²) < 4.78 is 5.79. The number of nitriles is 1. The second kappa shape index (κ2) is 8.41. The number of ether oxygens (including phenoxy) is 1. The number of hydrogen-bond acceptors (Lipinski definition) is 6. The molecular formula is C19H20N4O3. The van der Waals surface area contributed by atoms with Crippen molar-refractivity contribution in [3.8, 4) is 11.9 Å². The number of rotatable bonds is 5. The van der Waals surface area contributed by atoms with E-state index in [1.807, 2.05) is 12.1 Å². The van der Waals surface area contributed by atoms with E-state index < -0.39 is 6.10 Å². The van der Waals surface area contributed by atoms with Crippen molar-refractivity contribution < 1.29 is 14.6 Å². The lowest BCUT2D eigenvalue weighted by atomic mass is 9.92. The van der Waals surface area contributed by atoms with Gasteiger partial charge in [-0.25, -0.2) is 9.97 Å². The maximum atomic E-state index is 12.2. The molecule has 1 fully saturated rings. The monoisotopic (exact) mass is 352 g/mol. The van der Waals surface area contributed by atoms with E-state index in [2.05, 4.69) is 15.3 Å². The van der Waals surface area contributed by atoms with Crippen LogP contribution in [0.3, 0.4) is 0 Å². The van der Waals surface area contributed by atoms with Crippen molar-refractivity contribution in [1.82, 2.24) is 15.3 Å². The van der Waals surface area contributed by atoms with Crippen LogP contribution in [0.5, 0.6) is 5.88 Å². The van der Waals surface area contributed by atoms with Gasteiger partial charge in [0, 0.05) is 18.4 Å². The van der Waals surface area contributed by atoms with Crippen LogP contribution in [0.25, 0.3) is 0 Å². The highest BCUT2D eigenvalue weighted by Crippen LogP contribution is 2.24. The van der Waals surface area contributed by atoms with Gasteiger partial charge >= 0.3 is 0 Å². The lowest BCUT2D eigenvalue weighted by Gasteiger charge is -2.29. The van der Waals surface area contributed by atoms with Gasteiger partial charge in [0.2, 0.25) is 5.69 Å². The molecule has 0 aliphatic heterocycles. The molecular weight excluding hydrogens is 332 g/mol. The third-order valence-corrected chi connectivity index (χ3v) is 4.43. The van der Waals surface area contributed by atoms with Gasteiger partial charge in [0.25, 0.3) is 11.8 Å². The summed E-state index contributed by atoms with van der Waals surface area (Å²) in [6, 6.07) is 10.8. The first-order chi connectivity index (χ1) is 12.7. The van der Waals surface area contributed by atoms with Crippen LogP contribution in [0, 0.1) is 11.3 Å². The maximum absolute atomic E-state index is 12.2. The van der Waals surface area contributed by atoms with Crippen LogP contribution < -0.4 is 10.1 Å². The van der Waals surface area contributed by atoms with Gasteiger partial charge < -0.3 is 15.2 Å². The summed E-state index contributed by atoms with van der Waals surface area (Å²) in [5, 5.41) is 22.1. The molecule has 2 N–H and O–H groups in total. The normalized spacial score (nSPS) is 20.6. The molecule has 2 aromatic rings. The Labute approximate surface area is 151 Å². The van der Waals surface area contributed by atoms with E-state index in [-0.39, 0.29) is 29.6 Å². The highest BCUT2D eigenvalue weighted by Gasteiger charge is 2.27. The first-order valence-corrected chi connectivity index (χ1v) is 8.58. The summed E-state index contributed by atoms with van der Waals surface area (Å²) >= 11 is 0. The Morgan fingerprint density at radius 3 is 2.58 bits per heavy atom. The first kappa shape index (κ1) is 17.8. The number of hydrogen-bond donors (Lipinski definition) is 2. The smallest absolute Gasteiger partial charge is 0.253 e. The van der Waals surface area contributed by atoms with Crippen LogP contribution in [0.4, 0.5) is 0 Å². The maximum Gasteiger partial charge on any atom is 0.253 e. The van der Waals surface area contributed by atoms with Crippen LogP contribution in [0.2, 0.25) is 0 Å². The molecule has 1 aliphatic carbocycles. The van der Waals surface area contributed by atoms with Crippen molar-refractivity contribution in [3.63, 3.8) is 0 Å². The number of benzene rings is 1. The van der Waals surface area contributed by atoms with Gasteiger partial charge in [0.05, 0.1) is 0 Å². The predicted molar refractivity (Wildman–Crippen MR) is 93.0 cm³/mol. The van der Waals surface area contributed by atoms with Crippen molar-refractivity contribution in [2.75, 3.05) is 0 Å².